The molecule has 0 aliphatic rings. The molecule has 1 atom stereocenters. The summed E-state index contributed by atoms with van der Waals surface area (Å²) in [6.45, 7) is 1.63. The van der Waals surface area contributed by atoms with Crippen molar-refractivity contribution in [3.05, 3.63) is 72.3 Å². The van der Waals surface area contributed by atoms with E-state index in [1.165, 1.54) is 27.5 Å². The van der Waals surface area contributed by atoms with Gasteiger partial charge in [0.1, 0.15) is 5.78 Å². The summed E-state index contributed by atoms with van der Waals surface area (Å²) in [6, 6.07) is 23.2. The summed E-state index contributed by atoms with van der Waals surface area (Å²) in [5, 5.41) is 5.59. The van der Waals surface area contributed by atoms with Crippen molar-refractivity contribution in [1.29, 1.82) is 0 Å². The van der Waals surface area contributed by atoms with Crippen molar-refractivity contribution in [1.82, 2.24) is 5.32 Å². The lowest BCUT2D eigenvalue weighted by Crippen LogP contribution is -2.34. The van der Waals surface area contributed by atoms with Gasteiger partial charge in [-0.1, -0.05) is 66.7 Å². The van der Waals surface area contributed by atoms with Gasteiger partial charge < -0.3 is 5.32 Å². The molecule has 2 nitrogen and oxygen atoms in total. The smallest absolute Gasteiger partial charge is 0.147 e. The van der Waals surface area contributed by atoms with Crippen molar-refractivity contribution in [3.8, 4) is 11.1 Å². The van der Waals surface area contributed by atoms with E-state index in [1.807, 2.05) is 7.05 Å². The Kier molecular flexibility index (Phi) is 4.54. The molecule has 0 heterocycles. The highest BCUT2D eigenvalue weighted by Crippen LogP contribution is 2.28. The van der Waals surface area contributed by atoms with E-state index in [0.29, 0.717) is 0 Å². The normalized spacial score (nSPS) is 12.3. The molecule has 0 aliphatic carbocycles. The molecule has 0 aromatic heterocycles. The molecule has 0 bridgehead atoms. The van der Waals surface area contributed by atoms with E-state index < -0.39 is 0 Å². The quantitative estimate of drug-likeness (QED) is 0.764. The van der Waals surface area contributed by atoms with Crippen molar-refractivity contribution in [3.63, 3.8) is 0 Å². The molecule has 0 spiro atoms. The molecular weight excluding hydrogens is 282 g/mol. The molecule has 3 rings (SSSR count). The number of hydrogen-bond acceptors (Lipinski definition) is 2. The maximum Gasteiger partial charge on any atom is 0.147 e. The van der Waals surface area contributed by atoms with Crippen molar-refractivity contribution in [2.24, 2.45) is 0 Å². The molecule has 2 heteroatoms. The van der Waals surface area contributed by atoms with Gasteiger partial charge in [-0.3, -0.25) is 4.79 Å². The van der Waals surface area contributed by atoms with E-state index >= 15 is 0 Å². The number of ketones is 1. The number of nitrogens with one attached hydrogen (secondary N) is 1. The molecule has 116 valence electrons. The van der Waals surface area contributed by atoms with Gasteiger partial charge in [0, 0.05) is 0 Å². The number of likely N-dealkylation sites (N-methyl/N-ethyl adjacent to an activating group) is 1. The summed E-state index contributed by atoms with van der Waals surface area (Å²) >= 11 is 0. The molecule has 0 saturated heterocycles. The highest BCUT2D eigenvalue weighted by molar-refractivity contribution is 5.96. The SMILES string of the molecule is CN[C@@H](Cc1ccc(-c2cccc3ccccc23)cc1)C(C)=O. The Morgan fingerprint density at radius 2 is 1.65 bits per heavy atom. The zero-order chi connectivity index (χ0) is 16.2. The summed E-state index contributed by atoms with van der Waals surface area (Å²) in [4.78, 5) is 11.6. The molecule has 3 aromatic rings. The average molecular weight is 303 g/mol. The van der Waals surface area contributed by atoms with E-state index in [1.54, 1.807) is 6.92 Å². The number of fused-ring (bicyclic) bond motifs is 1. The van der Waals surface area contributed by atoms with Crippen LogP contribution < -0.4 is 5.32 Å². The lowest BCUT2D eigenvalue weighted by molar-refractivity contribution is -0.118. The molecular formula is C21H21NO. The number of benzene rings is 3. The van der Waals surface area contributed by atoms with Crippen LogP contribution in [0.5, 0.6) is 0 Å². The molecule has 0 fully saturated rings. The molecule has 3 aromatic carbocycles. The molecule has 0 unspecified atom stereocenters. The minimum absolute atomic E-state index is 0.113. The first-order valence-electron chi connectivity index (χ1n) is 7.94. The van der Waals surface area contributed by atoms with Crippen LogP contribution >= 0.6 is 0 Å². The standard InChI is InChI=1S/C21H21NO/c1-15(23)21(22-2)14-16-10-12-18(13-11-16)20-9-5-7-17-6-3-4-8-19(17)20/h3-13,21-22H,14H2,1-2H3/t21-/m0/s1. The zero-order valence-corrected chi connectivity index (χ0v) is 13.5. The van der Waals surface area contributed by atoms with Crippen LogP contribution in [0.3, 0.4) is 0 Å². The first kappa shape index (κ1) is 15.4. The minimum Gasteiger partial charge on any atom is -0.310 e. The van der Waals surface area contributed by atoms with E-state index in [-0.39, 0.29) is 11.8 Å². The van der Waals surface area contributed by atoms with Gasteiger partial charge in [-0.2, -0.15) is 0 Å². The van der Waals surface area contributed by atoms with Crippen molar-refractivity contribution >= 4 is 16.6 Å². The van der Waals surface area contributed by atoms with Crippen LogP contribution in [0.4, 0.5) is 0 Å². The first-order valence-corrected chi connectivity index (χ1v) is 7.94. The lowest BCUT2D eigenvalue weighted by Gasteiger charge is -2.13. The van der Waals surface area contributed by atoms with Crippen LogP contribution in [0.25, 0.3) is 21.9 Å². The van der Waals surface area contributed by atoms with Gasteiger partial charge in [-0.05, 0) is 47.9 Å². The summed E-state index contributed by atoms with van der Waals surface area (Å²) in [7, 11) is 1.83. The number of hydrogen-bond donors (Lipinski definition) is 1. The monoisotopic (exact) mass is 303 g/mol. The predicted octanol–water partition coefficient (Wildman–Crippen LogP) is 4.23. The third-order valence-corrected chi connectivity index (χ3v) is 4.33. The van der Waals surface area contributed by atoms with Crippen molar-refractivity contribution in [2.75, 3.05) is 7.05 Å². The van der Waals surface area contributed by atoms with Gasteiger partial charge in [0.2, 0.25) is 0 Å². The minimum atomic E-state index is -0.113. The zero-order valence-electron chi connectivity index (χ0n) is 13.5. The second-order valence-corrected chi connectivity index (χ2v) is 5.88. The Labute approximate surface area is 137 Å². The first-order chi connectivity index (χ1) is 11.2. The van der Waals surface area contributed by atoms with Crippen LogP contribution in [0.2, 0.25) is 0 Å². The molecule has 0 saturated carbocycles. The topological polar surface area (TPSA) is 29.1 Å². The lowest BCUT2D eigenvalue weighted by atomic mass is 9.96. The Hall–Kier alpha value is -2.45. The summed E-state index contributed by atoms with van der Waals surface area (Å²) in [6.07, 6.45) is 0.724. The van der Waals surface area contributed by atoms with Gasteiger partial charge >= 0.3 is 0 Å². The molecule has 0 aliphatic heterocycles. The summed E-state index contributed by atoms with van der Waals surface area (Å²) in [5.41, 5.74) is 3.62. The molecule has 0 amide bonds. The number of rotatable bonds is 5. The van der Waals surface area contributed by atoms with Gasteiger partial charge in [-0.25, -0.2) is 0 Å². The van der Waals surface area contributed by atoms with Gasteiger partial charge in [0.15, 0.2) is 0 Å². The maximum absolute atomic E-state index is 11.6. The highest BCUT2D eigenvalue weighted by atomic mass is 16.1. The van der Waals surface area contributed by atoms with Crippen LogP contribution in [-0.2, 0) is 11.2 Å². The third kappa shape index (κ3) is 3.33. The second-order valence-electron chi connectivity index (χ2n) is 5.88. The Balaban J connectivity index is 1.91. The van der Waals surface area contributed by atoms with Crippen LogP contribution in [-0.4, -0.2) is 18.9 Å². The Bertz CT molecular complexity index is 815. The average Bonchev–Trinajstić information content (AvgIpc) is 2.59. The fourth-order valence-electron chi connectivity index (χ4n) is 2.98. The number of carbonyl (C=O) groups excluding carboxylic acids is 1. The summed E-state index contributed by atoms with van der Waals surface area (Å²) in [5.74, 6) is 0.172. The van der Waals surface area contributed by atoms with E-state index in [0.717, 1.165) is 6.42 Å². The predicted molar refractivity (Wildman–Crippen MR) is 96.6 cm³/mol. The van der Waals surface area contributed by atoms with Crippen molar-refractivity contribution in [2.45, 2.75) is 19.4 Å². The largest absolute Gasteiger partial charge is 0.310 e. The fraction of sp³-hybridized carbons (Fsp3) is 0.190. The van der Waals surface area contributed by atoms with E-state index in [2.05, 4.69) is 72.0 Å². The molecule has 1 N–H and O–H groups in total. The fourth-order valence-corrected chi connectivity index (χ4v) is 2.98. The van der Waals surface area contributed by atoms with Gasteiger partial charge in [0.25, 0.3) is 0 Å². The van der Waals surface area contributed by atoms with Gasteiger partial charge in [-0.15, -0.1) is 0 Å². The molecule has 0 radical (unpaired) electrons. The van der Waals surface area contributed by atoms with Crippen molar-refractivity contribution < 1.29 is 4.79 Å². The maximum atomic E-state index is 11.6. The van der Waals surface area contributed by atoms with Crippen LogP contribution in [0.15, 0.2) is 66.7 Å². The summed E-state index contributed by atoms with van der Waals surface area (Å²) < 4.78 is 0. The molecule has 23 heavy (non-hydrogen) atoms. The van der Waals surface area contributed by atoms with Crippen LogP contribution in [0, 0.1) is 0 Å². The number of Topliss-reactive ketones (excluding diaryl/α,β-unsaturated/α-hetero) is 1. The van der Waals surface area contributed by atoms with E-state index in [9.17, 15) is 4.79 Å². The highest BCUT2D eigenvalue weighted by Gasteiger charge is 2.12. The third-order valence-electron chi connectivity index (χ3n) is 4.33. The Morgan fingerprint density at radius 1 is 0.957 bits per heavy atom. The number of carbonyl (C=O) groups is 1. The second kappa shape index (κ2) is 6.76. The van der Waals surface area contributed by atoms with Gasteiger partial charge in [0.05, 0.1) is 6.04 Å². The van der Waals surface area contributed by atoms with Crippen LogP contribution in [0.1, 0.15) is 12.5 Å². The van der Waals surface area contributed by atoms with E-state index in [4.69, 9.17) is 0 Å². The Morgan fingerprint density at radius 3 is 2.35 bits per heavy atom.